The van der Waals surface area contributed by atoms with Gasteiger partial charge < -0.3 is 28.9 Å². The molecule has 202 valence electrons. The quantitative estimate of drug-likeness (QED) is 0.415. The molecule has 1 aromatic carbocycles. The van der Waals surface area contributed by atoms with Crippen LogP contribution in [0.2, 0.25) is 0 Å². The Morgan fingerprint density at radius 2 is 1.70 bits per heavy atom. The summed E-state index contributed by atoms with van der Waals surface area (Å²) in [6.07, 6.45) is -0.0226. The maximum atomic E-state index is 13.3. The van der Waals surface area contributed by atoms with E-state index in [1.165, 1.54) is 7.11 Å². The van der Waals surface area contributed by atoms with Crippen LogP contribution in [0.5, 0.6) is 0 Å². The first-order valence-corrected chi connectivity index (χ1v) is 12.6. The van der Waals surface area contributed by atoms with Crippen molar-refractivity contribution in [3.05, 3.63) is 35.9 Å². The molecule has 3 aliphatic heterocycles. The molecule has 3 aliphatic rings. The van der Waals surface area contributed by atoms with Gasteiger partial charge in [0, 0.05) is 38.8 Å². The lowest BCUT2D eigenvalue weighted by Crippen LogP contribution is -2.54. The fraction of sp³-hybridized carbons (Fsp3) is 0.615. The summed E-state index contributed by atoms with van der Waals surface area (Å²) in [5.41, 5.74) is 0.281. The number of hydrogen-bond acceptors (Lipinski definition) is 8. The molecule has 3 heterocycles. The lowest BCUT2D eigenvalue weighted by atomic mass is 10.1. The van der Waals surface area contributed by atoms with Gasteiger partial charge in [0.15, 0.2) is 0 Å². The Morgan fingerprint density at radius 1 is 0.973 bits per heavy atom. The van der Waals surface area contributed by atoms with Crippen molar-refractivity contribution in [2.75, 3.05) is 46.4 Å². The summed E-state index contributed by atoms with van der Waals surface area (Å²) in [6, 6.07) is 8.18. The largest absolute Gasteiger partial charge is 0.468 e. The molecule has 37 heavy (non-hydrogen) atoms. The highest BCUT2D eigenvalue weighted by Crippen LogP contribution is 2.30. The number of hydrogen-bond donors (Lipinski definition) is 0. The Bertz CT molecular complexity index is 1010. The van der Waals surface area contributed by atoms with Gasteiger partial charge in [-0.05, 0) is 32.8 Å². The zero-order valence-corrected chi connectivity index (χ0v) is 21.9. The van der Waals surface area contributed by atoms with Crippen molar-refractivity contribution >= 4 is 24.1 Å². The van der Waals surface area contributed by atoms with Crippen LogP contribution in [0.4, 0.5) is 9.59 Å². The van der Waals surface area contributed by atoms with E-state index in [-0.39, 0.29) is 37.4 Å². The van der Waals surface area contributed by atoms with E-state index in [0.717, 1.165) is 5.56 Å². The Labute approximate surface area is 217 Å². The van der Waals surface area contributed by atoms with E-state index < -0.39 is 23.6 Å². The van der Waals surface area contributed by atoms with Crippen molar-refractivity contribution in [2.24, 2.45) is 0 Å². The summed E-state index contributed by atoms with van der Waals surface area (Å²) < 4.78 is 15.9. The minimum atomic E-state index is -0.650. The standard InChI is InChI=1S/C26H36N4O7/c1-26(2,3)37-25(34)27-10-11-29-20(14-27)15-30(24(29)33)19-12-21(23(32)35-4)28(13-19)16-22(31)36-17-18-8-6-5-7-9-18/h5-9,19-21H,10-17H2,1-4H3/t19-,20-,21+/m0/s1. The number of likely N-dealkylation sites (tertiary alicyclic amines) is 1. The molecule has 11 heteroatoms. The van der Waals surface area contributed by atoms with Gasteiger partial charge >= 0.3 is 24.1 Å². The van der Waals surface area contributed by atoms with Crippen LogP contribution in [-0.4, -0.2) is 114 Å². The van der Waals surface area contributed by atoms with Gasteiger partial charge in [0.05, 0.1) is 19.7 Å². The minimum absolute atomic E-state index is 0.0787. The van der Waals surface area contributed by atoms with Crippen molar-refractivity contribution < 1.29 is 33.4 Å². The van der Waals surface area contributed by atoms with Gasteiger partial charge in [-0.3, -0.25) is 14.5 Å². The smallest absolute Gasteiger partial charge is 0.410 e. The van der Waals surface area contributed by atoms with E-state index in [9.17, 15) is 19.2 Å². The first-order chi connectivity index (χ1) is 17.6. The molecule has 0 aliphatic carbocycles. The van der Waals surface area contributed by atoms with Crippen molar-refractivity contribution in [1.82, 2.24) is 19.6 Å². The van der Waals surface area contributed by atoms with Crippen LogP contribution in [0, 0.1) is 0 Å². The second-order valence-corrected chi connectivity index (χ2v) is 10.7. The van der Waals surface area contributed by atoms with Crippen LogP contribution >= 0.6 is 0 Å². The number of rotatable bonds is 6. The number of urea groups is 1. The Balaban J connectivity index is 1.37. The van der Waals surface area contributed by atoms with Gasteiger partial charge in [-0.25, -0.2) is 9.59 Å². The van der Waals surface area contributed by atoms with Crippen LogP contribution in [0.1, 0.15) is 32.8 Å². The Hall–Kier alpha value is -3.34. The number of piperazine rings is 1. The maximum Gasteiger partial charge on any atom is 0.410 e. The highest BCUT2D eigenvalue weighted by Gasteiger charge is 2.49. The van der Waals surface area contributed by atoms with Crippen LogP contribution < -0.4 is 0 Å². The summed E-state index contributed by atoms with van der Waals surface area (Å²) in [7, 11) is 1.31. The molecule has 3 amide bonds. The molecule has 11 nitrogen and oxygen atoms in total. The second-order valence-electron chi connectivity index (χ2n) is 10.7. The van der Waals surface area contributed by atoms with Crippen molar-refractivity contribution in [3.63, 3.8) is 0 Å². The van der Waals surface area contributed by atoms with Crippen LogP contribution in [0.3, 0.4) is 0 Å². The number of carbonyl (C=O) groups is 4. The average Bonchev–Trinajstić information content (AvgIpc) is 3.42. The van der Waals surface area contributed by atoms with Crippen molar-refractivity contribution in [1.29, 1.82) is 0 Å². The first-order valence-electron chi connectivity index (χ1n) is 12.6. The second kappa shape index (κ2) is 11.0. The predicted molar refractivity (Wildman–Crippen MR) is 132 cm³/mol. The molecule has 0 radical (unpaired) electrons. The summed E-state index contributed by atoms with van der Waals surface area (Å²) in [4.78, 5) is 57.8. The first kappa shape index (κ1) is 26.7. The van der Waals surface area contributed by atoms with Crippen molar-refractivity contribution in [3.8, 4) is 0 Å². The number of amides is 3. The number of fused-ring (bicyclic) bond motifs is 1. The summed E-state index contributed by atoms with van der Waals surface area (Å²) in [6.45, 7) is 7.53. The number of nitrogens with zero attached hydrogens (tertiary/aromatic N) is 4. The van der Waals surface area contributed by atoms with E-state index in [1.807, 2.05) is 51.1 Å². The van der Waals surface area contributed by atoms with Gasteiger partial charge in [0.25, 0.3) is 0 Å². The lowest BCUT2D eigenvalue weighted by Gasteiger charge is -2.37. The third-order valence-corrected chi connectivity index (χ3v) is 6.90. The van der Waals surface area contributed by atoms with E-state index in [0.29, 0.717) is 39.1 Å². The number of benzene rings is 1. The number of carbonyl (C=O) groups excluding carboxylic acids is 4. The number of esters is 2. The molecule has 0 N–H and O–H groups in total. The molecule has 0 spiro atoms. The maximum absolute atomic E-state index is 13.3. The SMILES string of the molecule is COC(=O)[C@H]1C[C@H](N2C[C@@H]3CN(C(=O)OC(C)(C)C)CCN3C2=O)CN1CC(=O)OCc1ccccc1. The van der Waals surface area contributed by atoms with E-state index in [4.69, 9.17) is 14.2 Å². The van der Waals surface area contributed by atoms with Crippen LogP contribution in [0.25, 0.3) is 0 Å². The number of methoxy groups -OCH3 is 1. The topological polar surface area (TPSA) is 109 Å². The van der Waals surface area contributed by atoms with Crippen LogP contribution in [0.15, 0.2) is 30.3 Å². The highest BCUT2D eigenvalue weighted by atomic mass is 16.6. The van der Waals surface area contributed by atoms with Gasteiger partial charge in [-0.15, -0.1) is 0 Å². The zero-order chi connectivity index (χ0) is 26.7. The monoisotopic (exact) mass is 516 g/mol. The molecule has 0 aromatic heterocycles. The minimum Gasteiger partial charge on any atom is -0.468 e. The fourth-order valence-electron chi connectivity index (χ4n) is 5.14. The molecule has 1 aromatic rings. The summed E-state index contributed by atoms with van der Waals surface area (Å²) in [5, 5.41) is 0. The normalized spacial score (nSPS) is 24.2. The molecule has 3 fully saturated rings. The zero-order valence-electron chi connectivity index (χ0n) is 21.9. The third kappa shape index (κ3) is 6.33. The van der Waals surface area contributed by atoms with E-state index in [1.54, 1.807) is 19.6 Å². The predicted octanol–water partition coefficient (Wildman–Crippen LogP) is 1.70. The number of ether oxygens (including phenoxy) is 3. The average molecular weight is 517 g/mol. The third-order valence-electron chi connectivity index (χ3n) is 6.90. The molecule has 3 atom stereocenters. The fourth-order valence-corrected chi connectivity index (χ4v) is 5.14. The molecular weight excluding hydrogens is 480 g/mol. The summed E-state index contributed by atoms with van der Waals surface area (Å²) in [5.74, 6) is -0.893. The van der Waals surface area contributed by atoms with Gasteiger partial charge in [-0.2, -0.15) is 0 Å². The molecular formula is C26H36N4O7. The van der Waals surface area contributed by atoms with Gasteiger partial charge in [0.1, 0.15) is 18.2 Å². The van der Waals surface area contributed by atoms with E-state index in [2.05, 4.69) is 0 Å². The van der Waals surface area contributed by atoms with E-state index >= 15 is 0 Å². The highest BCUT2D eigenvalue weighted by molar-refractivity contribution is 5.81. The van der Waals surface area contributed by atoms with Gasteiger partial charge in [0.2, 0.25) is 0 Å². The Kier molecular flexibility index (Phi) is 7.91. The van der Waals surface area contributed by atoms with Gasteiger partial charge in [-0.1, -0.05) is 30.3 Å². The molecule has 0 unspecified atom stereocenters. The van der Waals surface area contributed by atoms with Crippen molar-refractivity contribution in [2.45, 2.75) is 57.5 Å². The summed E-state index contributed by atoms with van der Waals surface area (Å²) >= 11 is 0. The Morgan fingerprint density at radius 3 is 2.38 bits per heavy atom. The molecule has 4 rings (SSSR count). The van der Waals surface area contributed by atoms with Crippen LogP contribution in [-0.2, 0) is 30.4 Å². The lowest BCUT2D eigenvalue weighted by molar-refractivity contribution is -0.150. The molecule has 3 saturated heterocycles. The molecule has 0 saturated carbocycles. The molecule has 0 bridgehead atoms.